The first-order valence-corrected chi connectivity index (χ1v) is 2.97. The van der Waals surface area contributed by atoms with Crippen molar-refractivity contribution in [2.24, 2.45) is 0 Å². The molecular formula is C5H3F5N2O. The van der Waals surface area contributed by atoms with E-state index in [0.29, 0.717) is 6.07 Å². The zero-order valence-electron chi connectivity index (χ0n) is 5.92. The number of aromatic nitrogens is 2. The molecule has 3 nitrogen and oxygen atoms in total. The Bertz CT molecular complexity index is 281. The SMILES string of the molecule is FC(F)n1nccc1OC(F)(F)F. The van der Waals surface area contributed by atoms with Gasteiger partial charge in [0, 0.05) is 6.07 Å². The largest absolute Gasteiger partial charge is 0.574 e. The molecule has 0 aliphatic carbocycles. The molecule has 74 valence electrons. The van der Waals surface area contributed by atoms with Gasteiger partial charge < -0.3 is 4.74 Å². The molecule has 1 aromatic heterocycles. The molecule has 0 saturated heterocycles. The zero-order chi connectivity index (χ0) is 10.1. The van der Waals surface area contributed by atoms with Gasteiger partial charge in [0.2, 0.25) is 5.88 Å². The lowest BCUT2D eigenvalue weighted by Crippen LogP contribution is -2.19. The van der Waals surface area contributed by atoms with Crippen LogP contribution in [0.1, 0.15) is 6.55 Å². The quantitative estimate of drug-likeness (QED) is 0.687. The zero-order valence-corrected chi connectivity index (χ0v) is 5.92. The van der Waals surface area contributed by atoms with Gasteiger partial charge in [-0.25, -0.2) is 0 Å². The number of hydrogen-bond donors (Lipinski definition) is 0. The summed E-state index contributed by atoms with van der Waals surface area (Å²) in [6.07, 6.45) is -4.21. The van der Waals surface area contributed by atoms with Crippen LogP contribution in [0.5, 0.6) is 5.88 Å². The fraction of sp³-hybridized carbons (Fsp3) is 0.400. The summed E-state index contributed by atoms with van der Waals surface area (Å²) in [6, 6.07) is 0.694. The third-order valence-electron chi connectivity index (χ3n) is 1.04. The smallest absolute Gasteiger partial charge is 0.388 e. The number of halogens is 5. The lowest BCUT2D eigenvalue weighted by molar-refractivity contribution is -0.278. The van der Waals surface area contributed by atoms with E-state index in [-0.39, 0.29) is 4.68 Å². The van der Waals surface area contributed by atoms with Crippen LogP contribution in [-0.4, -0.2) is 16.1 Å². The van der Waals surface area contributed by atoms with Crippen molar-refractivity contribution in [3.63, 3.8) is 0 Å². The van der Waals surface area contributed by atoms with Gasteiger partial charge in [-0.1, -0.05) is 0 Å². The number of ether oxygens (including phenoxy) is 1. The predicted octanol–water partition coefficient (Wildman–Crippen LogP) is 2.18. The normalized spacial score (nSPS) is 12.2. The van der Waals surface area contributed by atoms with Crippen molar-refractivity contribution in [3.05, 3.63) is 12.3 Å². The molecule has 8 heteroatoms. The minimum absolute atomic E-state index is 0.173. The molecule has 0 amide bonds. The maximum atomic E-state index is 11.9. The number of hydrogen-bond acceptors (Lipinski definition) is 2. The predicted molar refractivity (Wildman–Crippen MR) is 30.2 cm³/mol. The molecule has 0 unspecified atom stereocenters. The molecule has 0 fully saturated rings. The van der Waals surface area contributed by atoms with Gasteiger partial charge in [0.1, 0.15) is 0 Å². The van der Waals surface area contributed by atoms with Crippen LogP contribution < -0.4 is 4.74 Å². The Morgan fingerprint density at radius 1 is 1.38 bits per heavy atom. The molecular weight excluding hydrogens is 199 g/mol. The second-order valence-corrected chi connectivity index (χ2v) is 1.94. The molecule has 0 aliphatic rings. The van der Waals surface area contributed by atoms with Crippen LogP contribution in [0.2, 0.25) is 0 Å². The van der Waals surface area contributed by atoms with E-state index in [0.717, 1.165) is 6.20 Å². The minimum atomic E-state index is -4.99. The van der Waals surface area contributed by atoms with E-state index in [1.165, 1.54) is 0 Å². The average Bonchev–Trinajstić information content (AvgIpc) is 2.31. The summed E-state index contributed by atoms with van der Waals surface area (Å²) in [7, 11) is 0. The maximum absolute atomic E-state index is 11.9. The van der Waals surface area contributed by atoms with Gasteiger partial charge in [0.05, 0.1) is 6.20 Å². The van der Waals surface area contributed by atoms with Crippen LogP contribution in [0.3, 0.4) is 0 Å². The van der Waals surface area contributed by atoms with Crippen LogP contribution in [0.4, 0.5) is 22.0 Å². The Morgan fingerprint density at radius 3 is 2.46 bits per heavy atom. The summed E-state index contributed by atoms with van der Waals surface area (Å²) in [6.45, 7) is -3.16. The monoisotopic (exact) mass is 202 g/mol. The van der Waals surface area contributed by atoms with Crippen LogP contribution in [-0.2, 0) is 0 Å². The van der Waals surface area contributed by atoms with Gasteiger partial charge in [-0.05, 0) is 0 Å². The van der Waals surface area contributed by atoms with Crippen molar-refractivity contribution >= 4 is 0 Å². The summed E-state index contributed by atoms with van der Waals surface area (Å²) in [5.74, 6) is -1.04. The Kier molecular flexibility index (Phi) is 2.39. The van der Waals surface area contributed by atoms with Crippen LogP contribution in [0, 0.1) is 0 Å². The van der Waals surface area contributed by atoms with E-state index in [1.807, 2.05) is 0 Å². The third-order valence-corrected chi connectivity index (χ3v) is 1.04. The third kappa shape index (κ3) is 2.56. The fourth-order valence-corrected chi connectivity index (χ4v) is 0.648. The van der Waals surface area contributed by atoms with Crippen LogP contribution in [0.15, 0.2) is 12.3 Å². The summed E-state index contributed by atoms with van der Waals surface area (Å²) >= 11 is 0. The molecule has 13 heavy (non-hydrogen) atoms. The van der Waals surface area contributed by atoms with E-state index >= 15 is 0 Å². The van der Waals surface area contributed by atoms with Crippen molar-refractivity contribution < 1.29 is 26.7 Å². The van der Waals surface area contributed by atoms with Gasteiger partial charge in [0.25, 0.3) is 0 Å². The highest BCUT2D eigenvalue weighted by Crippen LogP contribution is 2.25. The standard InChI is InChI=1S/C5H3F5N2O/c6-4(7)12-3(1-2-11-12)13-5(8,9)10/h1-2,4H. The number of nitrogens with zero attached hydrogens (tertiary/aromatic N) is 2. The summed E-state index contributed by atoms with van der Waals surface area (Å²) < 4.78 is 61.5. The molecule has 1 aromatic rings. The van der Waals surface area contributed by atoms with E-state index in [9.17, 15) is 22.0 Å². The van der Waals surface area contributed by atoms with Crippen molar-refractivity contribution in [3.8, 4) is 5.88 Å². The molecule has 0 spiro atoms. The fourth-order valence-electron chi connectivity index (χ4n) is 0.648. The van der Waals surface area contributed by atoms with Crippen LogP contribution in [0.25, 0.3) is 0 Å². The van der Waals surface area contributed by atoms with Crippen LogP contribution >= 0.6 is 0 Å². The lowest BCUT2D eigenvalue weighted by atomic mass is 10.7. The highest BCUT2D eigenvalue weighted by atomic mass is 19.4. The first-order chi connectivity index (χ1) is 5.90. The Morgan fingerprint density at radius 2 is 2.00 bits per heavy atom. The molecule has 0 saturated carbocycles. The second-order valence-electron chi connectivity index (χ2n) is 1.94. The summed E-state index contributed by atoms with van der Waals surface area (Å²) in [4.78, 5) is 0. The molecule has 0 N–H and O–H groups in total. The van der Waals surface area contributed by atoms with Gasteiger partial charge in [-0.3, -0.25) is 0 Å². The maximum Gasteiger partial charge on any atom is 0.574 e. The summed E-state index contributed by atoms with van der Waals surface area (Å²) in [5, 5.41) is 2.94. The first kappa shape index (κ1) is 9.75. The molecule has 0 bridgehead atoms. The summed E-state index contributed by atoms with van der Waals surface area (Å²) in [5.41, 5.74) is 0. The second kappa shape index (κ2) is 3.19. The van der Waals surface area contributed by atoms with Gasteiger partial charge in [0.15, 0.2) is 0 Å². The minimum Gasteiger partial charge on any atom is -0.388 e. The topological polar surface area (TPSA) is 27.1 Å². The van der Waals surface area contributed by atoms with Crippen molar-refractivity contribution in [2.45, 2.75) is 12.9 Å². The molecule has 0 aliphatic heterocycles. The van der Waals surface area contributed by atoms with Gasteiger partial charge in [-0.15, -0.1) is 13.2 Å². The first-order valence-electron chi connectivity index (χ1n) is 2.97. The van der Waals surface area contributed by atoms with Crippen molar-refractivity contribution in [1.82, 2.24) is 9.78 Å². The highest BCUT2D eigenvalue weighted by molar-refractivity contribution is 5.07. The molecule has 0 radical (unpaired) electrons. The number of rotatable bonds is 2. The van der Waals surface area contributed by atoms with E-state index in [1.54, 1.807) is 0 Å². The van der Waals surface area contributed by atoms with Gasteiger partial charge in [-0.2, -0.15) is 18.6 Å². The average molecular weight is 202 g/mol. The van der Waals surface area contributed by atoms with Gasteiger partial charge >= 0.3 is 12.9 Å². The molecule has 0 aromatic carbocycles. The molecule has 1 rings (SSSR count). The van der Waals surface area contributed by atoms with Crippen molar-refractivity contribution in [2.75, 3.05) is 0 Å². The Hall–Kier alpha value is -1.34. The van der Waals surface area contributed by atoms with Crippen molar-refractivity contribution in [1.29, 1.82) is 0 Å². The Balaban J connectivity index is 2.83. The molecule has 0 atom stereocenters. The highest BCUT2D eigenvalue weighted by Gasteiger charge is 2.33. The van der Waals surface area contributed by atoms with E-state index in [4.69, 9.17) is 0 Å². The van der Waals surface area contributed by atoms with E-state index < -0.39 is 18.8 Å². The Labute approximate surface area is 68.7 Å². The number of alkyl halides is 5. The lowest BCUT2D eigenvalue weighted by Gasteiger charge is -2.09. The van der Waals surface area contributed by atoms with E-state index in [2.05, 4.69) is 9.84 Å². The molecule has 1 heterocycles.